The van der Waals surface area contributed by atoms with Gasteiger partial charge in [-0.3, -0.25) is 10.1 Å². The second-order valence-corrected chi connectivity index (χ2v) is 3.58. The quantitative estimate of drug-likeness (QED) is 0.646. The summed E-state index contributed by atoms with van der Waals surface area (Å²) in [6.07, 6.45) is 6.18. The van der Waals surface area contributed by atoms with E-state index in [9.17, 15) is 9.90 Å². The second-order valence-electron chi connectivity index (χ2n) is 3.58. The molecule has 1 rings (SSSR count). The minimum atomic E-state index is -0.757. The van der Waals surface area contributed by atoms with Gasteiger partial charge >= 0.3 is 5.97 Å². The predicted molar refractivity (Wildman–Crippen MR) is 57.3 cm³/mol. The molecule has 0 aromatic rings. The molecule has 0 fully saturated rings. The van der Waals surface area contributed by atoms with Crippen molar-refractivity contribution in [3.05, 3.63) is 23.8 Å². The first kappa shape index (κ1) is 11.9. The Bertz CT molecular complexity index is 282. The maximum Gasteiger partial charge on any atom is 0.325 e. The van der Waals surface area contributed by atoms with Gasteiger partial charge in [0.15, 0.2) is 0 Å². The van der Waals surface area contributed by atoms with Gasteiger partial charge in [0, 0.05) is 6.54 Å². The van der Waals surface area contributed by atoms with Gasteiger partial charge in [0.25, 0.3) is 0 Å². The van der Waals surface area contributed by atoms with E-state index in [-0.39, 0.29) is 0 Å². The summed E-state index contributed by atoms with van der Waals surface area (Å²) in [5.74, 6) is -0.434. The molecular weight excluding hydrogens is 194 g/mol. The third kappa shape index (κ3) is 3.49. The van der Waals surface area contributed by atoms with Gasteiger partial charge in [-0.05, 0) is 13.3 Å². The van der Waals surface area contributed by atoms with Crippen LogP contribution in [0.15, 0.2) is 23.8 Å². The number of carbonyl (C=O) groups excluding carboxylic acids is 1. The van der Waals surface area contributed by atoms with Gasteiger partial charge in [-0.2, -0.15) is 0 Å². The van der Waals surface area contributed by atoms with Crippen molar-refractivity contribution in [1.29, 1.82) is 0 Å². The van der Waals surface area contributed by atoms with Crippen molar-refractivity contribution in [2.24, 2.45) is 0 Å². The fourth-order valence-corrected chi connectivity index (χ4v) is 1.44. The van der Waals surface area contributed by atoms with E-state index < -0.39 is 18.1 Å². The number of aliphatic hydroxyl groups is 1. The molecular formula is C11H17NO3. The molecule has 0 unspecified atom stereocenters. The molecule has 0 saturated heterocycles. The average Bonchev–Trinajstić information content (AvgIpc) is 2.70. The summed E-state index contributed by atoms with van der Waals surface area (Å²) in [4.78, 5) is 11.3. The van der Waals surface area contributed by atoms with Crippen LogP contribution in [-0.4, -0.2) is 36.9 Å². The summed E-state index contributed by atoms with van der Waals surface area (Å²) < 4.78 is 4.59. The lowest BCUT2D eigenvalue weighted by Crippen LogP contribution is -2.46. The first-order chi connectivity index (χ1) is 7.15. The number of methoxy groups -OCH3 is 1. The Labute approximate surface area is 89.6 Å². The van der Waals surface area contributed by atoms with Crippen LogP contribution in [0.4, 0.5) is 0 Å². The highest BCUT2D eigenvalue weighted by Gasteiger charge is 2.23. The van der Waals surface area contributed by atoms with E-state index in [0.29, 0.717) is 6.54 Å². The third-order valence-electron chi connectivity index (χ3n) is 2.33. The first-order valence-corrected chi connectivity index (χ1v) is 4.99. The van der Waals surface area contributed by atoms with Crippen LogP contribution in [0.5, 0.6) is 0 Å². The Balaban J connectivity index is 2.41. The zero-order valence-corrected chi connectivity index (χ0v) is 9.06. The average molecular weight is 211 g/mol. The predicted octanol–water partition coefficient (Wildman–Crippen LogP) is 0.385. The van der Waals surface area contributed by atoms with E-state index in [0.717, 1.165) is 6.42 Å². The van der Waals surface area contributed by atoms with Crippen molar-refractivity contribution in [3.8, 4) is 0 Å². The highest BCUT2D eigenvalue weighted by molar-refractivity contribution is 5.76. The summed E-state index contributed by atoms with van der Waals surface area (Å²) in [6.45, 7) is 2.16. The number of carbonyl (C=O) groups is 1. The molecule has 0 amide bonds. The molecule has 2 atom stereocenters. The highest BCUT2D eigenvalue weighted by Crippen LogP contribution is 2.09. The molecule has 1 aliphatic rings. The van der Waals surface area contributed by atoms with Crippen LogP contribution in [0.25, 0.3) is 0 Å². The smallest absolute Gasteiger partial charge is 0.325 e. The lowest BCUT2D eigenvalue weighted by atomic mass is 10.1. The molecule has 0 saturated carbocycles. The zero-order valence-electron chi connectivity index (χ0n) is 9.06. The van der Waals surface area contributed by atoms with Gasteiger partial charge in [0.05, 0.1) is 13.2 Å². The number of esters is 1. The van der Waals surface area contributed by atoms with E-state index in [1.165, 1.54) is 12.7 Å². The van der Waals surface area contributed by atoms with Crippen molar-refractivity contribution in [2.75, 3.05) is 13.7 Å². The fourth-order valence-electron chi connectivity index (χ4n) is 1.44. The molecule has 0 aromatic carbocycles. The summed E-state index contributed by atoms with van der Waals surface area (Å²) in [5.41, 5.74) is 1.20. The van der Waals surface area contributed by atoms with E-state index in [1.54, 1.807) is 6.92 Å². The van der Waals surface area contributed by atoms with Crippen molar-refractivity contribution in [3.63, 3.8) is 0 Å². The summed E-state index contributed by atoms with van der Waals surface area (Å²) in [5, 5.41) is 12.4. The van der Waals surface area contributed by atoms with Gasteiger partial charge in [0.2, 0.25) is 0 Å². The summed E-state index contributed by atoms with van der Waals surface area (Å²) in [6, 6.07) is -0.656. The Morgan fingerprint density at radius 1 is 1.73 bits per heavy atom. The molecule has 4 nitrogen and oxygen atoms in total. The maximum atomic E-state index is 11.3. The molecule has 2 N–H and O–H groups in total. The summed E-state index contributed by atoms with van der Waals surface area (Å²) in [7, 11) is 1.32. The number of hydrogen-bond acceptors (Lipinski definition) is 4. The fraction of sp³-hybridized carbons (Fsp3) is 0.545. The Hall–Kier alpha value is -1.13. The van der Waals surface area contributed by atoms with Crippen LogP contribution in [-0.2, 0) is 9.53 Å². The normalized spacial score (nSPS) is 18.5. The first-order valence-electron chi connectivity index (χ1n) is 4.99. The SMILES string of the molecule is COC(=O)[C@@H](NCC1=CC=CC1)[C@@H](C)O. The molecule has 1 aliphatic carbocycles. The van der Waals surface area contributed by atoms with Crippen LogP contribution in [0.1, 0.15) is 13.3 Å². The summed E-state index contributed by atoms with van der Waals surface area (Å²) >= 11 is 0. The minimum Gasteiger partial charge on any atom is -0.468 e. The van der Waals surface area contributed by atoms with Crippen LogP contribution in [0.3, 0.4) is 0 Å². The number of ether oxygens (including phenoxy) is 1. The Morgan fingerprint density at radius 2 is 2.47 bits per heavy atom. The van der Waals surface area contributed by atoms with Crippen molar-refractivity contribution in [1.82, 2.24) is 5.32 Å². The van der Waals surface area contributed by atoms with Gasteiger partial charge in [-0.1, -0.05) is 23.8 Å². The number of rotatable bonds is 5. The number of aliphatic hydroxyl groups excluding tert-OH is 1. The highest BCUT2D eigenvalue weighted by atomic mass is 16.5. The Morgan fingerprint density at radius 3 is 2.93 bits per heavy atom. The van der Waals surface area contributed by atoms with Crippen molar-refractivity contribution in [2.45, 2.75) is 25.5 Å². The molecule has 0 aliphatic heterocycles. The van der Waals surface area contributed by atoms with Crippen molar-refractivity contribution >= 4 is 5.97 Å². The zero-order chi connectivity index (χ0) is 11.3. The number of hydrogen-bond donors (Lipinski definition) is 2. The molecule has 0 aromatic heterocycles. The van der Waals surface area contributed by atoms with Crippen LogP contribution >= 0.6 is 0 Å². The molecule has 0 spiro atoms. The van der Waals surface area contributed by atoms with Crippen LogP contribution in [0.2, 0.25) is 0 Å². The largest absolute Gasteiger partial charge is 0.468 e. The van der Waals surface area contributed by atoms with E-state index in [2.05, 4.69) is 10.1 Å². The lowest BCUT2D eigenvalue weighted by Gasteiger charge is -2.19. The topological polar surface area (TPSA) is 58.6 Å². The Kier molecular flexibility index (Phi) is 4.52. The molecule has 0 bridgehead atoms. The van der Waals surface area contributed by atoms with E-state index in [4.69, 9.17) is 0 Å². The van der Waals surface area contributed by atoms with Crippen LogP contribution in [0, 0.1) is 0 Å². The minimum absolute atomic E-state index is 0.434. The molecule has 0 radical (unpaired) electrons. The molecule has 15 heavy (non-hydrogen) atoms. The molecule has 84 valence electrons. The molecule has 4 heteroatoms. The van der Waals surface area contributed by atoms with Gasteiger partial charge < -0.3 is 9.84 Å². The number of nitrogens with one attached hydrogen (secondary N) is 1. The second kappa shape index (κ2) is 5.68. The van der Waals surface area contributed by atoms with Crippen LogP contribution < -0.4 is 5.32 Å². The standard InChI is InChI=1S/C11H17NO3/c1-8(13)10(11(14)15-2)12-7-9-5-3-4-6-9/h3-5,8,10,12-13H,6-7H2,1-2H3/t8-,10+/m1/s1. The van der Waals surface area contributed by atoms with Crippen molar-refractivity contribution < 1.29 is 14.6 Å². The van der Waals surface area contributed by atoms with Gasteiger partial charge in [0.1, 0.15) is 6.04 Å². The van der Waals surface area contributed by atoms with E-state index >= 15 is 0 Å². The number of allylic oxidation sites excluding steroid dienone is 3. The van der Waals surface area contributed by atoms with Gasteiger partial charge in [-0.15, -0.1) is 0 Å². The van der Waals surface area contributed by atoms with Gasteiger partial charge in [-0.25, -0.2) is 0 Å². The third-order valence-corrected chi connectivity index (χ3v) is 2.33. The molecule has 0 heterocycles. The maximum absolute atomic E-state index is 11.3. The lowest BCUT2D eigenvalue weighted by molar-refractivity contribution is -0.145. The van der Waals surface area contributed by atoms with E-state index in [1.807, 2.05) is 18.2 Å². The monoisotopic (exact) mass is 211 g/mol.